The number of amides is 2. The van der Waals surface area contributed by atoms with Gasteiger partial charge in [0.2, 0.25) is 5.91 Å². The lowest BCUT2D eigenvalue weighted by atomic mass is 10.1. The van der Waals surface area contributed by atoms with Gasteiger partial charge in [-0.2, -0.15) is 0 Å². The Hall–Kier alpha value is -1.31. The van der Waals surface area contributed by atoms with Gasteiger partial charge in [0, 0.05) is 6.54 Å². The number of carboxylic acid groups (broad SMARTS) is 1. The normalized spacial score (nSPS) is 19.2. The van der Waals surface area contributed by atoms with Gasteiger partial charge < -0.3 is 15.3 Å². The zero-order valence-electron chi connectivity index (χ0n) is 9.35. The molecule has 2 N–H and O–H groups in total. The van der Waals surface area contributed by atoms with E-state index in [2.05, 4.69) is 5.32 Å². The molecule has 1 unspecified atom stereocenters. The number of thiophene rings is 1. The van der Waals surface area contributed by atoms with Crippen molar-refractivity contribution < 1.29 is 19.5 Å². The first-order valence-corrected chi connectivity index (χ1v) is 6.72. The van der Waals surface area contributed by atoms with Gasteiger partial charge in [-0.05, 0) is 6.07 Å². The Balaban J connectivity index is 2.31. The van der Waals surface area contributed by atoms with E-state index in [1.165, 1.54) is 6.07 Å². The molecule has 1 aliphatic heterocycles. The van der Waals surface area contributed by atoms with Crippen LogP contribution in [0.4, 0.5) is 0 Å². The number of piperazine rings is 1. The third-order valence-electron chi connectivity index (χ3n) is 2.62. The van der Waals surface area contributed by atoms with Crippen LogP contribution in [0.1, 0.15) is 10.4 Å². The molecule has 1 atom stereocenters. The number of carbonyl (C=O) groups excluding carboxylic acids is 2. The fraction of sp³-hybridized carbons (Fsp3) is 0.300. The van der Waals surface area contributed by atoms with Crippen molar-refractivity contribution in [3.05, 3.63) is 20.3 Å². The summed E-state index contributed by atoms with van der Waals surface area (Å²) >= 11 is 12.6. The monoisotopic (exact) mass is 322 g/mol. The molecule has 0 saturated carbocycles. The predicted octanol–water partition coefficient (Wildman–Crippen LogP) is 1.08. The molecule has 0 aromatic carbocycles. The van der Waals surface area contributed by atoms with Gasteiger partial charge in [-0.15, -0.1) is 11.3 Å². The highest BCUT2D eigenvalue weighted by Gasteiger charge is 2.36. The summed E-state index contributed by atoms with van der Waals surface area (Å²) in [7, 11) is 0. The second-order valence-electron chi connectivity index (χ2n) is 3.83. The molecule has 2 rings (SSSR count). The van der Waals surface area contributed by atoms with Gasteiger partial charge in [0.05, 0.1) is 9.90 Å². The van der Waals surface area contributed by atoms with E-state index in [4.69, 9.17) is 28.3 Å². The zero-order chi connectivity index (χ0) is 14.2. The molecule has 6 nitrogen and oxygen atoms in total. The average molecular weight is 323 g/mol. The number of carboxylic acids is 1. The number of rotatable bonds is 2. The van der Waals surface area contributed by atoms with Crippen LogP contribution in [-0.2, 0) is 9.59 Å². The molecular formula is C10H8Cl2N2O4S. The molecule has 1 aromatic rings. The second kappa shape index (κ2) is 5.36. The van der Waals surface area contributed by atoms with E-state index in [9.17, 15) is 14.4 Å². The molecule has 0 bridgehead atoms. The molecule has 2 heterocycles. The van der Waals surface area contributed by atoms with Crippen molar-refractivity contribution in [2.24, 2.45) is 0 Å². The maximum atomic E-state index is 12.2. The first kappa shape index (κ1) is 14.1. The van der Waals surface area contributed by atoms with Crippen LogP contribution < -0.4 is 5.32 Å². The van der Waals surface area contributed by atoms with Crippen LogP contribution in [0.2, 0.25) is 8.67 Å². The molecule has 9 heteroatoms. The van der Waals surface area contributed by atoms with Crippen LogP contribution in [0.25, 0.3) is 0 Å². The summed E-state index contributed by atoms with van der Waals surface area (Å²) in [6, 6.07) is 0.252. The predicted molar refractivity (Wildman–Crippen MR) is 69.8 cm³/mol. The van der Waals surface area contributed by atoms with E-state index in [0.717, 1.165) is 16.2 Å². The first-order chi connectivity index (χ1) is 8.90. The van der Waals surface area contributed by atoms with Crippen molar-refractivity contribution in [1.29, 1.82) is 0 Å². The summed E-state index contributed by atoms with van der Waals surface area (Å²) in [5.41, 5.74) is 0.109. The second-order valence-corrected chi connectivity index (χ2v) is 6.11. The van der Waals surface area contributed by atoms with Gasteiger partial charge in [0.15, 0.2) is 0 Å². The number of nitrogens with zero attached hydrogens (tertiary/aromatic N) is 1. The maximum absolute atomic E-state index is 12.2. The van der Waals surface area contributed by atoms with Gasteiger partial charge in [-0.1, -0.05) is 23.2 Å². The van der Waals surface area contributed by atoms with Gasteiger partial charge in [0.1, 0.15) is 16.9 Å². The third-order valence-corrected chi connectivity index (χ3v) is 4.10. The van der Waals surface area contributed by atoms with Gasteiger partial charge in [-0.3, -0.25) is 9.59 Å². The summed E-state index contributed by atoms with van der Waals surface area (Å²) in [6.07, 6.45) is 0. The smallest absolute Gasteiger partial charge is 0.328 e. The number of carbonyl (C=O) groups is 3. The van der Waals surface area contributed by atoms with Crippen molar-refractivity contribution >= 4 is 52.3 Å². The Morgan fingerprint density at radius 1 is 1.47 bits per heavy atom. The Labute approximate surface area is 121 Å². The van der Waals surface area contributed by atoms with Gasteiger partial charge in [-0.25, -0.2) is 4.79 Å². The minimum atomic E-state index is -1.19. The van der Waals surface area contributed by atoms with Crippen molar-refractivity contribution in [2.45, 2.75) is 6.04 Å². The summed E-state index contributed by atoms with van der Waals surface area (Å²) < 4.78 is 0.492. The van der Waals surface area contributed by atoms with E-state index >= 15 is 0 Å². The molecule has 2 amide bonds. The average Bonchev–Trinajstić information content (AvgIpc) is 2.67. The molecule has 102 valence electrons. The summed E-state index contributed by atoms with van der Waals surface area (Å²) in [4.78, 5) is 35.6. The number of hydrogen-bond donors (Lipinski definition) is 2. The maximum Gasteiger partial charge on any atom is 0.328 e. The van der Waals surface area contributed by atoms with Crippen LogP contribution in [0.3, 0.4) is 0 Å². The van der Waals surface area contributed by atoms with E-state index in [-0.39, 0.29) is 23.0 Å². The third kappa shape index (κ3) is 2.83. The topological polar surface area (TPSA) is 86.7 Å². The molecule has 1 aromatic heterocycles. The van der Waals surface area contributed by atoms with E-state index in [1.807, 2.05) is 0 Å². The number of aliphatic carboxylic acids is 1. The molecule has 1 saturated heterocycles. The Morgan fingerprint density at radius 3 is 2.68 bits per heavy atom. The van der Waals surface area contributed by atoms with E-state index < -0.39 is 23.8 Å². The van der Waals surface area contributed by atoms with Gasteiger partial charge in [0.25, 0.3) is 5.91 Å². The van der Waals surface area contributed by atoms with Crippen molar-refractivity contribution in [1.82, 2.24) is 10.2 Å². The lowest BCUT2D eigenvalue weighted by Crippen LogP contribution is -2.59. The number of hydrogen-bond acceptors (Lipinski definition) is 4. The lowest BCUT2D eigenvalue weighted by Gasteiger charge is -2.32. The van der Waals surface area contributed by atoms with Crippen LogP contribution in [0.15, 0.2) is 6.07 Å². The minimum Gasteiger partial charge on any atom is -0.480 e. The zero-order valence-corrected chi connectivity index (χ0v) is 11.7. The molecule has 0 radical (unpaired) electrons. The van der Waals surface area contributed by atoms with Crippen LogP contribution in [0, 0.1) is 0 Å². The minimum absolute atomic E-state index is 0.109. The standard InChI is InChI=1S/C10H8Cl2N2O4S/c11-6-1-4(8(12)19-6)9(16)14-3-7(15)13-2-5(14)10(17)18/h1,5H,2-3H2,(H,13,15)(H,17,18). The van der Waals surface area contributed by atoms with E-state index in [0.29, 0.717) is 4.34 Å². The summed E-state index contributed by atoms with van der Waals surface area (Å²) in [6.45, 7) is -0.449. The van der Waals surface area contributed by atoms with Crippen molar-refractivity contribution in [2.75, 3.05) is 13.1 Å². The SMILES string of the molecule is O=C1CN(C(=O)c2cc(Cl)sc2Cl)C(C(=O)O)CN1. The Bertz CT molecular complexity index is 560. The molecule has 1 aliphatic rings. The van der Waals surface area contributed by atoms with Crippen LogP contribution in [0.5, 0.6) is 0 Å². The van der Waals surface area contributed by atoms with E-state index in [1.54, 1.807) is 0 Å². The molecule has 0 spiro atoms. The largest absolute Gasteiger partial charge is 0.480 e. The fourth-order valence-corrected chi connectivity index (χ4v) is 3.16. The molecule has 1 fully saturated rings. The quantitative estimate of drug-likeness (QED) is 0.853. The highest BCUT2D eigenvalue weighted by molar-refractivity contribution is 7.20. The Morgan fingerprint density at radius 2 is 2.16 bits per heavy atom. The highest BCUT2D eigenvalue weighted by atomic mass is 35.5. The molecule has 19 heavy (non-hydrogen) atoms. The first-order valence-electron chi connectivity index (χ1n) is 5.15. The summed E-state index contributed by atoms with van der Waals surface area (Å²) in [5, 5.41) is 11.5. The molecule has 0 aliphatic carbocycles. The Kier molecular flexibility index (Phi) is 3.98. The molecular weight excluding hydrogens is 315 g/mol. The number of halogens is 2. The van der Waals surface area contributed by atoms with Crippen molar-refractivity contribution in [3.63, 3.8) is 0 Å². The van der Waals surface area contributed by atoms with Crippen LogP contribution in [-0.4, -0.2) is 46.9 Å². The lowest BCUT2D eigenvalue weighted by molar-refractivity contribution is -0.144. The van der Waals surface area contributed by atoms with Gasteiger partial charge >= 0.3 is 5.97 Å². The fourth-order valence-electron chi connectivity index (χ4n) is 1.72. The number of nitrogens with one attached hydrogen (secondary N) is 1. The van der Waals surface area contributed by atoms with Crippen molar-refractivity contribution in [3.8, 4) is 0 Å². The summed E-state index contributed by atoms with van der Waals surface area (Å²) in [5.74, 6) is -2.22. The van der Waals surface area contributed by atoms with Crippen LogP contribution >= 0.6 is 34.5 Å². The highest BCUT2D eigenvalue weighted by Crippen LogP contribution is 2.32.